The van der Waals surface area contributed by atoms with Crippen LogP contribution >= 0.6 is 0 Å². The maximum atomic E-state index is 11.9. The van der Waals surface area contributed by atoms with Gasteiger partial charge in [0.1, 0.15) is 5.41 Å². The lowest BCUT2D eigenvalue weighted by Crippen LogP contribution is -2.44. The molecule has 90 valence electrons. The molecule has 0 aliphatic carbocycles. The van der Waals surface area contributed by atoms with Crippen LogP contribution in [0.3, 0.4) is 0 Å². The monoisotopic (exact) mass is 244 g/mol. The Hall–Kier alpha value is -1.09. The molecule has 0 radical (unpaired) electrons. The van der Waals surface area contributed by atoms with Gasteiger partial charge < -0.3 is 4.90 Å². The maximum Gasteiger partial charge on any atom is 0.242 e. The lowest BCUT2D eigenvalue weighted by atomic mass is 9.93. The summed E-state index contributed by atoms with van der Waals surface area (Å²) < 4.78 is 22.6. The van der Waals surface area contributed by atoms with E-state index in [1.165, 1.54) is 18.7 Å². The zero-order valence-corrected chi connectivity index (χ0v) is 10.5. The predicted octanol–water partition coefficient (Wildman–Crippen LogP) is 0.182. The van der Waals surface area contributed by atoms with Gasteiger partial charge in [0.15, 0.2) is 9.84 Å². The van der Waals surface area contributed by atoms with E-state index in [-0.39, 0.29) is 23.5 Å². The fourth-order valence-corrected chi connectivity index (χ4v) is 3.51. The van der Waals surface area contributed by atoms with Crippen molar-refractivity contribution in [3.05, 3.63) is 0 Å². The van der Waals surface area contributed by atoms with E-state index >= 15 is 0 Å². The smallest absolute Gasteiger partial charge is 0.242 e. The van der Waals surface area contributed by atoms with Gasteiger partial charge in [-0.15, -0.1) is 0 Å². The van der Waals surface area contributed by atoms with Crippen molar-refractivity contribution in [1.29, 1.82) is 5.26 Å². The predicted molar refractivity (Wildman–Crippen MR) is 59.2 cm³/mol. The van der Waals surface area contributed by atoms with Gasteiger partial charge in [-0.3, -0.25) is 4.79 Å². The molecular weight excluding hydrogens is 228 g/mol. The van der Waals surface area contributed by atoms with Gasteiger partial charge in [-0.2, -0.15) is 5.26 Å². The highest BCUT2D eigenvalue weighted by Crippen LogP contribution is 2.22. The molecule has 1 fully saturated rings. The van der Waals surface area contributed by atoms with Gasteiger partial charge in [0.2, 0.25) is 5.91 Å². The van der Waals surface area contributed by atoms with Crippen molar-refractivity contribution in [3.8, 4) is 6.07 Å². The van der Waals surface area contributed by atoms with Gasteiger partial charge in [-0.05, 0) is 20.3 Å². The normalized spacial score (nSPS) is 23.8. The van der Waals surface area contributed by atoms with Gasteiger partial charge in [-0.1, -0.05) is 0 Å². The fraction of sp³-hybridized carbons (Fsp3) is 0.800. The van der Waals surface area contributed by atoms with Crippen molar-refractivity contribution in [2.45, 2.75) is 26.3 Å². The molecule has 1 saturated heterocycles. The summed E-state index contributed by atoms with van der Waals surface area (Å²) in [6.45, 7) is 3.07. The summed E-state index contributed by atoms with van der Waals surface area (Å²) in [5, 5.41) is 8.84. The molecule has 1 amide bonds. The van der Waals surface area contributed by atoms with E-state index in [1.54, 1.807) is 7.05 Å². The minimum Gasteiger partial charge on any atom is -0.340 e. The van der Waals surface area contributed by atoms with Crippen LogP contribution in [0.25, 0.3) is 0 Å². The first-order valence-electron chi connectivity index (χ1n) is 5.08. The number of amides is 1. The first-order chi connectivity index (χ1) is 7.19. The second-order valence-electron chi connectivity index (χ2n) is 4.71. The number of hydrogen-bond acceptors (Lipinski definition) is 4. The van der Waals surface area contributed by atoms with Crippen molar-refractivity contribution >= 4 is 15.7 Å². The van der Waals surface area contributed by atoms with Crippen molar-refractivity contribution in [3.63, 3.8) is 0 Å². The highest BCUT2D eigenvalue weighted by molar-refractivity contribution is 7.91. The quantitative estimate of drug-likeness (QED) is 0.694. The minimum atomic E-state index is -3.00. The molecule has 1 rings (SSSR count). The van der Waals surface area contributed by atoms with Crippen molar-refractivity contribution in [2.75, 3.05) is 18.6 Å². The Labute approximate surface area is 96.0 Å². The molecule has 0 bridgehead atoms. The fourth-order valence-electron chi connectivity index (χ4n) is 1.74. The molecule has 0 aromatic heterocycles. The van der Waals surface area contributed by atoms with Gasteiger partial charge in [-0.25, -0.2) is 8.42 Å². The lowest BCUT2D eigenvalue weighted by molar-refractivity contribution is -0.137. The SMILES string of the molecule is CN(C(=O)C(C)(C)C#N)C1CCS(=O)(=O)C1. The highest BCUT2D eigenvalue weighted by atomic mass is 32.2. The van der Waals surface area contributed by atoms with Crippen LogP contribution in [0.15, 0.2) is 0 Å². The standard InChI is InChI=1S/C10H16N2O3S/c1-10(2,7-11)9(13)12(3)8-4-5-16(14,15)6-8/h8H,4-6H2,1-3H3. The molecule has 16 heavy (non-hydrogen) atoms. The molecular formula is C10H16N2O3S. The van der Waals surface area contributed by atoms with Crippen molar-refractivity contribution in [2.24, 2.45) is 5.41 Å². The zero-order chi connectivity index (χ0) is 12.6. The molecule has 1 atom stereocenters. The van der Waals surface area contributed by atoms with E-state index < -0.39 is 15.3 Å². The Morgan fingerprint density at radius 2 is 2.06 bits per heavy atom. The second-order valence-corrected chi connectivity index (χ2v) is 6.94. The summed E-state index contributed by atoms with van der Waals surface area (Å²) in [5.41, 5.74) is -1.10. The van der Waals surface area contributed by atoms with Gasteiger partial charge >= 0.3 is 0 Å². The van der Waals surface area contributed by atoms with Crippen LogP contribution in [-0.4, -0.2) is 43.8 Å². The summed E-state index contributed by atoms with van der Waals surface area (Å²) in [5.74, 6) is -0.184. The van der Waals surface area contributed by atoms with Gasteiger partial charge in [0.05, 0.1) is 17.6 Å². The van der Waals surface area contributed by atoms with Crippen LogP contribution in [0.4, 0.5) is 0 Å². The summed E-state index contributed by atoms with van der Waals surface area (Å²) >= 11 is 0. The number of carbonyl (C=O) groups excluding carboxylic acids is 1. The molecule has 1 heterocycles. The second kappa shape index (κ2) is 4.06. The van der Waals surface area contributed by atoms with Gasteiger partial charge in [0, 0.05) is 13.1 Å². The van der Waals surface area contributed by atoms with Gasteiger partial charge in [0.25, 0.3) is 0 Å². The Morgan fingerprint density at radius 1 is 1.50 bits per heavy atom. The molecule has 1 aliphatic rings. The Kier molecular flexibility index (Phi) is 3.29. The van der Waals surface area contributed by atoms with Crippen LogP contribution in [0.1, 0.15) is 20.3 Å². The molecule has 0 spiro atoms. The largest absolute Gasteiger partial charge is 0.340 e. The van der Waals surface area contributed by atoms with Crippen LogP contribution in [0, 0.1) is 16.7 Å². The highest BCUT2D eigenvalue weighted by Gasteiger charge is 2.38. The third-order valence-electron chi connectivity index (χ3n) is 2.89. The van der Waals surface area contributed by atoms with E-state index in [9.17, 15) is 13.2 Å². The number of carbonyl (C=O) groups is 1. The number of hydrogen-bond donors (Lipinski definition) is 0. The van der Waals surface area contributed by atoms with Crippen molar-refractivity contribution in [1.82, 2.24) is 4.90 Å². The molecule has 1 unspecified atom stereocenters. The summed E-state index contributed by atoms with van der Waals surface area (Å²) in [6, 6.07) is 1.64. The molecule has 6 heteroatoms. The summed E-state index contributed by atoms with van der Waals surface area (Å²) in [4.78, 5) is 13.3. The van der Waals surface area contributed by atoms with Crippen LogP contribution in [0.2, 0.25) is 0 Å². The average molecular weight is 244 g/mol. The summed E-state index contributed by atoms with van der Waals surface area (Å²) in [7, 11) is -1.44. The molecule has 5 nitrogen and oxygen atoms in total. The first-order valence-corrected chi connectivity index (χ1v) is 6.91. The molecule has 1 aliphatic heterocycles. The van der Waals surface area contributed by atoms with E-state index in [0.29, 0.717) is 6.42 Å². The average Bonchev–Trinajstić information content (AvgIpc) is 2.56. The molecule has 0 saturated carbocycles. The molecule has 0 N–H and O–H groups in total. The minimum absolute atomic E-state index is 0.0107. The van der Waals surface area contributed by atoms with E-state index in [0.717, 1.165) is 0 Å². The summed E-state index contributed by atoms with van der Waals surface area (Å²) in [6.07, 6.45) is 0.464. The zero-order valence-electron chi connectivity index (χ0n) is 9.73. The van der Waals surface area contributed by atoms with E-state index in [2.05, 4.69) is 0 Å². The van der Waals surface area contributed by atoms with E-state index in [4.69, 9.17) is 5.26 Å². The third kappa shape index (κ3) is 2.53. The molecule has 0 aromatic rings. The molecule has 0 aromatic carbocycles. The number of nitriles is 1. The van der Waals surface area contributed by atoms with Crippen LogP contribution in [-0.2, 0) is 14.6 Å². The Bertz CT molecular complexity index is 433. The van der Waals surface area contributed by atoms with Crippen molar-refractivity contribution < 1.29 is 13.2 Å². The number of sulfone groups is 1. The first kappa shape index (κ1) is 13.0. The van der Waals surface area contributed by atoms with Crippen LogP contribution in [0.5, 0.6) is 0 Å². The number of nitrogens with zero attached hydrogens (tertiary/aromatic N) is 2. The van der Waals surface area contributed by atoms with Crippen LogP contribution < -0.4 is 0 Å². The third-order valence-corrected chi connectivity index (χ3v) is 4.64. The lowest BCUT2D eigenvalue weighted by Gasteiger charge is -2.28. The topological polar surface area (TPSA) is 78.2 Å². The Morgan fingerprint density at radius 3 is 2.44 bits per heavy atom. The maximum absolute atomic E-state index is 11.9. The number of rotatable bonds is 2. The van der Waals surface area contributed by atoms with E-state index in [1.807, 2.05) is 6.07 Å². The Balaban J connectivity index is 2.78.